The van der Waals surface area contributed by atoms with Gasteiger partial charge in [-0.1, -0.05) is 19.8 Å². The predicted molar refractivity (Wildman–Crippen MR) is 86.0 cm³/mol. The zero-order valence-corrected chi connectivity index (χ0v) is 14.2. The molecule has 4 atom stereocenters. The standard InChI is InChI=1S/C15H22FN3O7/c1-2-3-4-5-25-15(24)18-12-8(16)6-19(14(23)17-12)13-11(22)10(21)9(7-20)26-13/h6,9-11,13,20-22H,2-5,7H2,1H3,(H,17,18,23,24)/t9-,10-,11-,13?/m1/s1. The summed E-state index contributed by atoms with van der Waals surface area (Å²) in [6, 6.07) is 0. The van der Waals surface area contributed by atoms with E-state index in [-0.39, 0.29) is 6.61 Å². The highest BCUT2D eigenvalue weighted by Gasteiger charge is 2.44. The van der Waals surface area contributed by atoms with E-state index in [0.717, 1.165) is 12.8 Å². The van der Waals surface area contributed by atoms with E-state index >= 15 is 0 Å². The molecule has 0 bridgehead atoms. The van der Waals surface area contributed by atoms with Crippen LogP contribution in [-0.4, -0.2) is 62.5 Å². The second kappa shape index (κ2) is 9.03. The summed E-state index contributed by atoms with van der Waals surface area (Å²) in [7, 11) is 0. The van der Waals surface area contributed by atoms with Crippen LogP contribution in [0.15, 0.2) is 11.0 Å². The molecule has 0 radical (unpaired) electrons. The third-order valence-corrected chi connectivity index (χ3v) is 3.90. The molecule has 1 amide bonds. The molecule has 0 aliphatic carbocycles. The molecule has 1 aliphatic rings. The zero-order chi connectivity index (χ0) is 19.3. The highest BCUT2D eigenvalue weighted by atomic mass is 19.1. The first kappa shape index (κ1) is 20.2. The van der Waals surface area contributed by atoms with E-state index in [0.29, 0.717) is 17.2 Å². The molecule has 11 heteroatoms. The number of carbonyl (C=O) groups is 1. The Balaban J connectivity index is 2.09. The highest BCUT2D eigenvalue weighted by Crippen LogP contribution is 2.28. The smallest absolute Gasteiger partial charge is 0.412 e. The average molecular weight is 375 g/mol. The number of ether oxygens (including phenoxy) is 2. The number of aliphatic hydroxyl groups excluding tert-OH is 3. The second-order valence-electron chi connectivity index (χ2n) is 5.82. The van der Waals surface area contributed by atoms with Gasteiger partial charge in [0.05, 0.1) is 19.4 Å². The van der Waals surface area contributed by atoms with Gasteiger partial charge >= 0.3 is 11.8 Å². The molecular weight excluding hydrogens is 353 g/mol. The van der Waals surface area contributed by atoms with Gasteiger partial charge in [-0.15, -0.1) is 0 Å². The Morgan fingerprint density at radius 2 is 2.15 bits per heavy atom. The molecule has 1 unspecified atom stereocenters. The van der Waals surface area contributed by atoms with Gasteiger partial charge in [-0.2, -0.15) is 4.98 Å². The fraction of sp³-hybridized carbons (Fsp3) is 0.667. The van der Waals surface area contributed by atoms with E-state index in [2.05, 4.69) is 4.98 Å². The molecule has 146 valence electrons. The predicted octanol–water partition coefficient (Wildman–Crippen LogP) is -0.267. The largest absolute Gasteiger partial charge is 0.449 e. The van der Waals surface area contributed by atoms with Crippen molar-refractivity contribution in [2.45, 2.75) is 50.7 Å². The molecule has 0 saturated carbocycles. The minimum absolute atomic E-state index is 0.154. The molecule has 1 fully saturated rings. The van der Waals surface area contributed by atoms with Crippen molar-refractivity contribution < 1.29 is 34.0 Å². The van der Waals surface area contributed by atoms with Crippen LogP contribution >= 0.6 is 0 Å². The number of hydrogen-bond acceptors (Lipinski definition) is 8. The first-order valence-corrected chi connectivity index (χ1v) is 8.24. The van der Waals surface area contributed by atoms with Crippen LogP contribution in [0.2, 0.25) is 0 Å². The van der Waals surface area contributed by atoms with Gasteiger partial charge in [0.1, 0.15) is 18.3 Å². The number of aliphatic hydroxyl groups is 3. The Morgan fingerprint density at radius 1 is 1.42 bits per heavy atom. The Bertz CT molecular complexity index is 684. The lowest BCUT2D eigenvalue weighted by Gasteiger charge is -2.17. The molecular formula is C15H22FN3O7. The Labute approximate surface area is 148 Å². The maximum absolute atomic E-state index is 14.1. The Hall–Kier alpha value is -2.08. The van der Waals surface area contributed by atoms with Crippen LogP contribution in [0.4, 0.5) is 15.0 Å². The summed E-state index contributed by atoms with van der Waals surface area (Å²) in [5.41, 5.74) is -1.03. The Morgan fingerprint density at radius 3 is 2.77 bits per heavy atom. The number of nitrogens with zero attached hydrogens (tertiary/aromatic N) is 2. The topological polar surface area (TPSA) is 143 Å². The molecule has 2 heterocycles. The maximum Gasteiger partial charge on any atom is 0.412 e. The molecule has 4 N–H and O–H groups in total. The third kappa shape index (κ3) is 4.55. The van der Waals surface area contributed by atoms with Gasteiger partial charge in [-0.25, -0.2) is 14.0 Å². The van der Waals surface area contributed by atoms with Crippen molar-refractivity contribution in [2.24, 2.45) is 0 Å². The molecule has 1 aromatic rings. The number of aromatic nitrogens is 2. The fourth-order valence-corrected chi connectivity index (χ4v) is 2.47. The molecule has 1 aromatic heterocycles. The summed E-state index contributed by atoms with van der Waals surface area (Å²) in [6.07, 6.45) is -3.34. The van der Waals surface area contributed by atoms with Crippen molar-refractivity contribution in [3.05, 3.63) is 22.5 Å². The number of anilines is 1. The van der Waals surface area contributed by atoms with Gasteiger partial charge in [-0.3, -0.25) is 9.88 Å². The van der Waals surface area contributed by atoms with E-state index in [1.54, 1.807) is 0 Å². The monoisotopic (exact) mass is 375 g/mol. The van der Waals surface area contributed by atoms with Crippen LogP contribution < -0.4 is 11.0 Å². The van der Waals surface area contributed by atoms with Crippen LogP contribution in [0.25, 0.3) is 0 Å². The first-order valence-electron chi connectivity index (χ1n) is 8.24. The molecule has 0 aromatic carbocycles. The van der Waals surface area contributed by atoms with Crippen molar-refractivity contribution in [1.29, 1.82) is 0 Å². The average Bonchev–Trinajstić information content (AvgIpc) is 2.89. The lowest BCUT2D eigenvalue weighted by molar-refractivity contribution is -0.0553. The number of unbranched alkanes of at least 4 members (excludes halogenated alkanes) is 2. The van der Waals surface area contributed by atoms with Crippen LogP contribution in [0.3, 0.4) is 0 Å². The van der Waals surface area contributed by atoms with Gasteiger partial charge in [0.15, 0.2) is 17.9 Å². The van der Waals surface area contributed by atoms with E-state index in [1.165, 1.54) is 0 Å². The lowest BCUT2D eigenvalue weighted by atomic mass is 10.1. The molecule has 10 nitrogen and oxygen atoms in total. The van der Waals surface area contributed by atoms with Crippen LogP contribution in [0.5, 0.6) is 0 Å². The van der Waals surface area contributed by atoms with Crippen LogP contribution in [0, 0.1) is 5.82 Å². The number of carbonyl (C=O) groups excluding carboxylic acids is 1. The quantitative estimate of drug-likeness (QED) is 0.477. The van der Waals surface area contributed by atoms with Gasteiger partial charge in [0, 0.05) is 0 Å². The molecule has 1 saturated heterocycles. The van der Waals surface area contributed by atoms with Gasteiger partial charge in [0.2, 0.25) is 0 Å². The number of halogens is 1. The van der Waals surface area contributed by atoms with E-state index < -0.39 is 54.6 Å². The third-order valence-electron chi connectivity index (χ3n) is 3.90. The van der Waals surface area contributed by atoms with Gasteiger partial charge < -0.3 is 24.8 Å². The maximum atomic E-state index is 14.1. The fourth-order valence-electron chi connectivity index (χ4n) is 2.47. The lowest BCUT2D eigenvalue weighted by Crippen LogP contribution is -2.36. The van der Waals surface area contributed by atoms with E-state index in [9.17, 15) is 24.2 Å². The van der Waals surface area contributed by atoms with Gasteiger partial charge in [-0.05, 0) is 6.42 Å². The molecule has 26 heavy (non-hydrogen) atoms. The summed E-state index contributed by atoms with van der Waals surface area (Å²) in [4.78, 5) is 27.0. The summed E-state index contributed by atoms with van der Waals surface area (Å²) < 4.78 is 24.8. The number of rotatable bonds is 7. The minimum Gasteiger partial charge on any atom is -0.449 e. The number of amides is 1. The van der Waals surface area contributed by atoms with Crippen molar-refractivity contribution >= 4 is 11.9 Å². The van der Waals surface area contributed by atoms with Gasteiger partial charge in [0.25, 0.3) is 0 Å². The van der Waals surface area contributed by atoms with Crippen LogP contribution in [0.1, 0.15) is 32.4 Å². The summed E-state index contributed by atoms with van der Waals surface area (Å²) in [6.45, 7) is 1.55. The minimum atomic E-state index is -1.56. The first-order chi connectivity index (χ1) is 12.4. The number of hydrogen-bond donors (Lipinski definition) is 4. The highest BCUT2D eigenvalue weighted by molar-refractivity contribution is 5.83. The van der Waals surface area contributed by atoms with E-state index in [1.807, 2.05) is 12.2 Å². The Kier molecular flexibility index (Phi) is 7.03. The molecule has 1 aliphatic heterocycles. The zero-order valence-electron chi connectivity index (χ0n) is 14.2. The van der Waals surface area contributed by atoms with Crippen molar-refractivity contribution in [2.75, 3.05) is 18.5 Å². The summed E-state index contributed by atoms with van der Waals surface area (Å²) in [5, 5.41) is 30.7. The van der Waals surface area contributed by atoms with Crippen molar-refractivity contribution in [1.82, 2.24) is 9.55 Å². The normalized spacial score (nSPS) is 25.3. The number of nitrogens with one attached hydrogen (secondary N) is 1. The van der Waals surface area contributed by atoms with Crippen LogP contribution in [-0.2, 0) is 9.47 Å². The molecule has 0 spiro atoms. The summed E-state index contributed by atoms with van der Waals surface area (Å²) >= 11 is 0. The van der Waals surface area contributed by atoms with Crippen molar-refractivity contribution in [3.8, 4) is 0 Å². The summed E-state index contributed by atoms with van der Waals surface area (Å²) in [5.74, 6) is -1.69. The van der Waals surface area contributed by atoms with Crippen molar-refractivity contribution in [3.63, 3.8) is 0 Å². The van der Waals surface area contributed by atoms with E-state index in [4.69, 9.17) is 14.6 Å². The molecule has 2 rings (SSSR count). The second-order valence-corrected chi connectivity index (χ2v) is 5.82. The SMILES string of the molecule is CCCCCOC(=O)Nc1nc(=O)n(C2O[C@H](CO)[C@@H](O)[C@H]2O)cc1F.